The highest BCUT2D eigenvalue weighted by Crippen LogP contribution is 2.46. The molecule has 0 aliphatic carbocycles. The standard InChI is InChI=1S/C50H33NO/c1-3-14-34(15-4-1)38-20-11-21-40(32-38)51(39-30-28-37(29-31-39)42-25-12-19-35-18-7-8-22-41(35)42)48-33-47-46-27-13-26-43(36-16-5-2-6-17-36)49(46)52-50(47)45-24-10-9-23-44(45)48/h1-33H. The molecule has 244 valence electrons. The van der Waals surface area contributed by atoms with E-state index in [1.54, 1.807) is 0 Å². The summed E-state index contributed by atoms with van der Waals surface area (Å²) >= 11 is 0. The molecule has 0 N–H and O–H groups in total. The van der Waals surface area contributed by atoms with Crippen molar-refractivity contribution < 1.29 is 4.42 Å². The van der Waals surface area contributed by atoms with E-state index >= 15 is 0 Å². The van der Waals surface area contributed by atoms with Crippen LogP contribution in [0.3, 0.4) is 0 Å². The van der Waals surface area contributed by atoms with E-state index in [9.17, 15) is 0 Å². The molecule has 0 aliphatic heterocycles. The van der Waals surface area contributed by atoms with E-state index in [0.29, 0.717) is 0 Å². The summed E-state index contributed by atoms with van der Waals surface area (Å²) in [5.41, 5.74) is 12.1. The van der Waals surface area contributed by atoms with Crippen LogP contribution >= 0.6 is 0 Å². The Morgan fingerprint density at radius 1 is 0.308 bits per heavy atom. The molecule has 0 aliphatic rings. The first-order chi connectivity index (χ1) is 25.8. The summed E-state index contributed by atoms with van der Waals surface area (Å²) < 4.78 is 6.86. The normalized spacial score (nSPS) is 11.5. The van der Waals surface area contributed by atoms with Gasteiger partial charge >= 0.3 is 0 Å². The number of hydrogen-bond acceptors (Lipinski definition) is 2. The average molecular weight is 664 g/mol. The van der Waals surface area contributed by atoms with Gasteiger partial charge in [-0.3, -0.25) is 0 Å². The molecule has 10 aromatic rings. The minimum Gasteiger partial charge on any atom is -0.455 e. The quantitative estimate of drug-likeness (QED) is 0.176. The third-order valence-electron chi connectivity index (χ3n) is 10.2. The molecule has 1 aromatic heterocycles. The summed E-state index contributed by atoms with van der Waals surface area (Å²) in [5.74, 6) is 0. The zero-order valence-corrected chi connectivity index (χ0v) is 28.4. The van der Waals surface area contributed by atoms with Gasteiger partial charge in [0.05, 0.1) is 5.69 Å². The van der Waals surface area contributed by atoms with Crippen molar-refractivity contribution in [2.24, 2.45) is 0 Å². The van der Waals surface area contributed by atoms with Crippen LogP contribution in [-0.2, 0) is 0 Å². The molecule has 0 saturated heterocycles. The molecular formula is C50H33NO. The molecule has 0 radical (unpaired) electrons. The summed E-state index contributed by atoms with van der Waals surface area (Å²) in [4.78, 5) is 2.40. The van der Waals surface area contributed by atoms with Crippen LogP contribution in [0.4, 0.5) is 17.1 Å². The van der Waals surface area contributed by atoms with Crippen molar-refractivity contribution in [1.29, 1.82) is 0 Å². The molecule has 0 fully saturated rings. The zero-order chi connectivity index (χ0) is 34.4. The van der Waals surface area contributed by atoms with Crippen LogP contribution in [0.25, 0.3) is 76.9 Å². The Hall–Kier alpha value is -6.90. The lowest BCUT2D eigenvalue weighted by atomic mass is 9.97. The Balaban J connectivity index is 1.21. The van der Waals surface area contributed by atoms with E-state index in [2.05, 4.69) is 205 Å². The van der Waals surface area contributed by atoms with Gasteiger partial charge in [0, 0.05) is 38.5 Å². The fourth-order valence-corrected chi connectivity index (χ4v) is 7.78. The monoisotopic (exact) mass is 663 g/mol. The number of hydrogen-bond donors (Lipinski definition) is 0. The largest absolute Gasteiger partial charge is 0.455 e. The molecule has 1 heterocycles. The molecule has 0 unspecified atom stereocenters. The van der Waals surface area contributed by atoms with E-state index in [4.69, 9.17) is 4.42 Å². The van der Waals surface area contributed by atoms with Crippen molar-refractivity contribution in [2.75, 3.05) is 4.90 Å². The van der Waals surface area contributed by atoms with Crippen LogP contribution in [0.5, 0.6) is 0 Å². The third-order valence-corrected chi connectivity index (χ3v) is 10.2. The third kappa shape index (κ3) is 5.04. The lowest BCUT2D eigenvalue weighted by molar-refractivity contribution is 0.674. The maximum atomic E-state index is 6.86. The number of rotatable bonds is 6. The smallest absolute Gasteiger partial charge is 0.143 e. The number of benzene rings is 9. The number of nitrogens with zero attached hydrogens (tertiary/aromatic N) is 1. The first kappa shape index (κ1) is 30.0. The summed E-state index contributed by atoms with van der Waals surface area (Å²) in [6, 6.07) is 71.6. The van der Waals surface area contributed by atoms with Crippen molar-refractivity contribution >= 4 is 60.5 Å². The fraction of sp³-hybridized carbons (Fsp3) is 0. The van der Waals surface area contributed by atoms with Gasteiger partial charge in [0.15, 0.2) is 0 Å². The molecule has 0 amide bonds. The van der Waals surface area contributed by atoms with E-state index in [1.807, 2.05) is 0 Å². The van der Waals surface area contributed by atoms with Gasteiger partial charge in [0.25, 0.3) is 0 Å². The average Bonchev–Trinajstić information content (AvgIpc) is 3.61. The van der Waals surface area contributed by atoms with Gasteiger partial charge in [-0.15, -0.1) is 0 Å². The molecule has 0 spiro atoms. The van der Waals surface area contributed by atoms with Gasteiger partial charge in [-0.25, -0.2) is 0 Å². The highest BCUT2D eigenvalue weighted by Gasteiger charge is 2.22. The minimum absolute atomic E-state index is 0.905. The topological polar surface area (TPSA) is 16.4 Å². The summed E-state index contributed by atoms with van der Waals surface area (Å²) in [6.07, 6.45) is 0. The van der Waals surface area contributed by atoms with Gasteiger partial charge in [-0.05, 0) is 68.9 Å². The predicted octanol–water partition coefficient (Wildman–Crippen LogP) is 14.4. The fourth-order valence-electron chi connectivity index (χ4n) is 7.78. The molecule has 2 nitrogen and oxygen atoms in total. The van der Waals surface area contributed by atoms with Gasteiger partial charge < -0.3 is 9.32 Å². The van der Waals surface area contributed by atoms with Crippen LogP contribution in [0.2, 0.25) is 0 Å². The maximum Gasteiger partial charge on any atom is 0.143 e. The molecule has 9 aromatic carbocycles. The van der Waals surface area contributed by atoms with E-state index < -0.39 is 0 Å². The summed E-state index contributed by atoms with van der Waals surface area (Å²) in [5, 5.41) is 6.90. The van der Waals surface area contributed by atoms with Crippen LogP contribution in [0.15, 0.2) is 205 Å². The first-order valence-corrected chi connectivity index (χ1v) is 17.8. The zero-order valence-electron chi connectivity index (χ0n) is 28.4. The molecule has 2 heteroatoms. The second-order valence-electron chi connectivity index (χ2n) is 13.3. The maximum absolute atomic E-state index is 6.86. The van der Waals surface area contributed by atoms with Crippen LogP contribution in [0.1, 0.15) is 0 Å². The van der Waals surface area contributed by atoms with Gasteiger partial charge in [0.2, 0.25) is 0 Å². The minimum atomic E-state index is 0.905. The van der Waals surface area contributed by atoms with Crippen molar-refractivity contribution in [1.82, 2.24) is 0 Å². The lowest BCUT2D eigenvalue weighted by Gasteiger charge is -2.28. The predicted molar refractivity (Wildman–Crippen MR) is 220 cm³/mol. The molecule has 0 bridgehead atoms. The van der Waals surface area contributed by atoms with Crippen molar-refractivity contribution in [3.63, 3.8) is 0 Å². The molecule has 0 atom stereocenters. The number of fused-ring (bicyclic) bond motifs is 6. The van der Waals surface area contributed by atoms with E-state index in [-0.39, 0.29) is 0 Å². The highest BCUT2D eigenvalue weighted by atomic mass is 16.3. The van der Waals surface area contributed by atoms with E-state index in [0.717, 1.165) is 60.9 Å². The first-order valence-electron chi connectivity index (χ1n) is 17.8. The van der Waals surface area contributed by atoms with Crippen molar-refractivity contribution in [2.45, 2.75) is 0 Å². The van der Waals surface area contributed by atoms with Crippen molar-refractivity contribution in [3.8, 4) is 33.4 Å². The Bertz CT molecular complexity index is 2880. The second kappa shape index (κ2) is 12.5. The SMILES string of the molecule is c1ccc(-c2cccc(N(c3ccc(-c4cccc5ccccc45)cc3)c3cc4c5cccc(-c6ccccc6)c5oc4c4ccccc34)c2)cc1. The summed E-state index contributed by atoms with van der Waals surface area (Å²) in [7, 11) is 0. The Labute approximate surface area is 302 Å². The molecule has 10 rings (SSSR count). The highest BCUT2D eigenvalue weighted by molar-refractivity contribution is 6.21. The van der Waals surface area contributed by atoms with Crippen LogP contribution in [0, 0.1) is 0 Å². The Kier molecular flexibility index (Phi) is 7.18. The molecule has 52 heavy (non-hydrogen) atoms. The van der Waals surface area contributed by atoms with Crippen LogP contribution < -0.4 is 4.90 Å². The molecule has 0 saturated carbocycles. The lowest BCUT2D eigenvalue weighted by Crippen LogP contribution is -2.10. The Morgan fingerprint density at radius 2 is 0.865 bits per heavy atom. The van der Waals surface area contributed by atoms with Gasteiger partial charge in [0.1, 0.15) is 11.2 Å². The number of para-hydroxylation sites is 1. The Morgan fingerprint density at radius 3 is 1.67 bits per heavy atom. The summed E-state index contributed by atoms with van der Waals surface area (Å²) in [6.45, 7) is 0. The second-order valence-corrected chi connectivity index (χ2v) is 13.3. The molecular weight excluding hydrogens is 631 g/mol. The van der Waals surface area contributed by atoms with Gasteiger partial charge in [-0.1, -0.05) is 170 Å². The number of furan rings is 1. The van der Waals surface area contributed by atoms with E-state index in [1.165, 1.54) is 33.0 Å². The van der Waals surface area contributed by atoms with Crippen LogP contribution in [-0.4, -0.2) is 0 Å². The number of anilines is 3. The van der Waals surface area contributed by atoms with Gasteiger partial charge in [-0.2, -0.15) is 0 Å². The van der Waals surface area contributed by atoms with Crippen molar-refractivity contribution in [3.05, 3.63) is 200 Å².